The van der Waals surface area contributed by atoms with Gasteiger partial charge in [0.15, 0.2) is 5.82 Å². The Balaban J connectivity index is 1.97. The predicted molar refractivity (Wildman–Crippen MR) is 78.3 cm³/mol. The molecule has 1 amide bonds. The number of amides is 1. The first-order valence-corrected chi connectivity index (χ1v) is 6.10. The molecule has 1 heterocycles. The molecule has 0 saturated heterocycles. The lowest BCUT2D eigenvalue weighted by atomic mass is 10.0. The molecule has 5 heteroatoms. The van der Waals surface area contributed by atoms with Crippen LogP contribution in [-0.2, 0) is 0 Å². The number of fused-ring (bicyclic) bond motifs is 1. The first-order valence-electron chi connectivity index (χ1n) is 6.10. The zero-order chi connectivity index (χ0) is 13.9. The molecule has 1 aromatic heterocycles. The Morgan fingerprint density at radius 2 is 1.85 bits per heavy atom. The molecule has 3 aromatic rings. The number of nitrogen functional groups attached to an aromatic ring is 1. The predicted octanol–water partition coefficient (Wildman–Crippen LogP) is 2.46. The fourth-order valence-corrected chi connectivity index (χ4v) is 2.00. The molecule has 0 saturated carbocycles. The van der Waals surface area contributed by atoms with Gasteiger partial charge in [-0.15, -0.1) is 0 Å². The van der Waals surface area contributed by atoms with Gasteiger partial charge < -0.3 is 11.1 Å². The Morgan fingerprint density at radius 3 is 2.55 bits per heavy atom. The average Bonchev–Trinajstić information content (AvgIpc) is 2.47. The zero-order valence-electron chi connectivity index (χ0n) is 10.6. The summed E-state index contributed by atoms with van der Waals surface area (Å²) in [6.07, 6.45) is 4.54. The van der Waals surface area contributed by atoms with Gasteiger partial charge in [0, 0.05) is 18.1 Å². The summed E-state index contributed by atoms with van der Waals surface area (Å²) < 4.78 is 0. The molecule has 3 rings (SSSR count). The van der Waals surface area contributed by atoms with E-state index in [0.717, 1.165) is 10.8 Å². The van der Waals surface area contributed by atoms with E-state index in [1.165, 1.54) is 12.4 Å². The van der Waals surface area contributed by atoms with Crippen LogP contribution in [0.2, 0.25) is 0 Å². The third-order valence-corrected chi connectivity index (χ3v) is 2.97. The maximum absolute atomic E-state index is 12.2. The summed E-state index contributed by atoms with van der Waals surface area (Å²) in [5, 5.41) is 4.64. The summed E-state index contributed by atoms with van der Waals surface area (Å²) in [5.74, 6) is 0.0961. The highest BCUT2D eigenvalue weighted by Gasteiger charge is 2.11. The number of nitrogens with zero attached hydrogens (tertiary/aromatic N) is 2. The van der Waals surface area contributed by atoms with Crippen LogP contribution in [0, 0.1) is 0 Å². The molecule has 0 aliphatic carbocycles. The molecule has 0 bridgehead atoms. The van der Waals surface area contributed by atoms with Gasteiger partial charge in [-0.3, -0.25) is 9.78 Å². The van der Waals surface area contributed by atoms with E-state index in [4.69, 9.17) is 5.73 Å². The van der Waals surface area contributed by atoms with Crippen molar-refractivity contribution < 1.29 is 4.79 Å². The lowest BCUT2D eigenvalue weighted by molar-refractivity contribution is 0.102. The minimum atomic E-state index is -0.297. The van der Waals surface area contributed by atoms with Gasteiger partial charge in [-0.25, -0.2) is 4.98 Å². The number of carbonyl (C=O) groups is 1. The van der Waals surface area contributed by atoms with E-state index in [0.29, 0.717) is 17.1 Å². The average molecular weight is 264 g/mol. The second-order valence-corrected chi connectivity index (χ2v) is 4.33. The van der Waals surface area contributed by atoms with Gasteiger partial charge >= 0.3 is 0 Å². The van der Waals surface area contributed by atoms with Crippen molar-refractivity contribution in [2.45, 2.75) is 0 Å². The van der Waals surface area contributed by atoms with Crippen molar-refractivity contribution in [3.63, 3.8) is 0 Å². The van der Waals surface area contributed by atoms with Crippen LogP contribution in [-0.4, -0.2) is 15.9 Å². The summed E-state index contributed by atoms with van der Waals surface area (Å²) in [4.78, 5) is 20.1. The highest BCUT2D eigenvalue weighted by atomic mass is 16.1. The van der Waals surface area contributed by atoms with Gasteiger partial charge in [-0.1, -0.05) is 24.3 Å². The molecule has 98 valence electrons. The third kappa shape index (κ3) is 2.29. The van der Waals surface area contributed by atoms with Gasteiger partial charge in [0.05, 0.1) is 11.8 Å². The van der Waals surface area contributed by atoms with E-state index >= 15 is 0 Å². The Morgan fingerprint density at radius 1 is 1.10 bits per heavy atom. The Labute approximate surface area is 115 Å². The number of carbonyl (C=O) groups excluding carboxylic acids is 1. The van der Waals surface area contributed by atoms with Crippen LogP contribution in [0.25, 0.3) is 10.8 Å². The highest BCUT2D eigenvalue weighted by molar-refractivity contribution is 6.10. The van der Waals surface area contributed by atoms with Crippen LogP contribution in [0.1, 0.15) is 10.4 Å². The molecule has 0 atom stereocenters. The molecule has 0 radical (unpaired) electrons. The molecular formula is C15H12N4O. The number of hydrogen-bond acceptors (Lipinski definition) is 4. The normalized spacial score (nSPS) is 10.4. The smallest absolute Gasteiger partial charge is 0.258 e. The molecule has 20 heavy (non-hydrogen) atoms. The molecule has 2 aromatic carbocycles. The maximum Gasteiger partial charge on any atom is 0.258 e. The fourth-order valence-electron chi connectivity index (χ4n) is 2.00. The van der Waals surface area contributed by atoms with Gasteiger partial charge in [0.1, 0.15) is 0 Å². The van der Waals surface area contributed by atoms with E-state index in [9.17, 15) is 4.79 Å². The van der Waals surface area contributed by atoms with Crippen LogP contribution in [0.5, 0.6) is 0 Å². The molecule has 0 fully saturated rings. The van der Waals surface area contributed by atoms with E-state index in [2.05, 4.69) is 15.3 Å². The van der Waals surface area contributed by atoms with E-state index < -0.39 is 0 Å². The van der Waals surface area contributed by atoms with Crippen LogP contribution < -0.4 is 11.1 Å². The first-order chi connectivity index (χ1) is 9.74. The molecule has 0 unspecified atom stereocenters. The molecule has 5 nitrogen and oxygen atoms in total. The van der Waals surface area contributed by atoms with E-state index in [1.807, 2.05) is 24.3 Å². The monoisotopic (exact) mass is 264 g/mol. The van der Waals surface area contributed by atoms with Crippen molar-refractivity contribution >= 4 is 28.2 Å². The van der Waals surface area contributed by atoms with Crippen molar-refractivity contribution in [2.24, 2.45) is 0 Å². The van der Waals surface area contributed by atoms with Gasteiger partial charge in [0.25, 0.3) is 5.91 Å². The number of nitrogens with two attached hydrogens (primary N) is 1. The Kier molecular flexibility index (Phi) is 3.01. The van der Waals surface area contributed by atoms with Crippen LogP contribution >= 0.6 is 0 Å². The molecule has 0 aliphatic heterocycles. The van der Waals surface area contributed by atoms with E-state index in [1.54, 1.807) is 18.3 Å². The summed E-state index contributed by atoms with van der Waals surface area (Å²) in [5.41, 5.74) is 6.80. The quantitative estimate of drug-likeness (QED) is 0.697. The number of nitrogens with one attached hydrogen (secondary N) is 1. The second-order valence-electron chi connectivity index (χ2n) is 4.33. The molecular weight excluding hydrogens is 252 g/mol. The molecule has 0 aliphatic rings. The zero-order valence-corrected chi connectivity index (χ0v) is 10.6. The summed E-state index contributed by atoms with van der Waals surface area (Å²) in [6.45, 7) is 0. The summed E-state index contributed by atoms with van der Waals surface area (Å²) >= 11 is 0. The fraction of sp³-hybridized carbons (Fsp3) is 0. The number of rotatable bonds is 2. The Hall–Kier alpha value is -2.95. The SMILES string of the molecule is Nc1cc2ccccc2cc1C(=O)Nc1cnccn1. The van der Waals surface area contributed by atoms with Gasteiger partial charge in [-0.05, 0) is 22.9 Å². The molecule has 3 N–H and O–H groups in total. The summed E-state index contributed by atoms with van der Waals surface area (Å²) in [6, 6.07) is 11.3. The van der Waals surface area contributed by atoms with Crippen molar-refractivity contribution in [2.75, 3.05) is 11.1 Å². The van der Waals surface area contributed by atoms with Crippen LogP contribution in [0.3, 0.4) is 0 Å². The summed E-state index contributed by atoms with van der Waals surface area (Å²) in [7, 11) is 0. The minimum Gasteiger partial charge on any atom is -0.398 e. The van der Waals surface area contributed by atoms with Crippen molar-refractivity contribution in [1.29, 1.82) is 0 Å². The lowest BCUT2D eigenvalue weighted by Gasteiger charge is -2.08. The third-order valence-electron chi connectivity index (χ3n) is 2.97. The maximum atomic E-state index is 12.2. The molecule has 0 spiro atoms. The topological polar surface area (TPSA) is 80.9 Å². The van der Waals surface area contributed by atoms with Crippen molar-refractivity contribution in [3.05, 3.63) is 60.6 Å². The largest absolute Gasteiger partial charge is 0.398 e. The van der Waals surface area contributed by atoms with Crippen molar-refractivity contribution in [3.8, 4) is 0 Å². The number of hydrogen-bond donors (Lipinski definition) is 2. The van der Waals surface area contributed by atoms with Gasteiger partial charge in [0.2, 0.25) is 0 Å². The second kappa shape index (κ2) is 4.97. The standard InChI is InChI=1S/C15H12N4O/c16-13-8-11-4-2-1-3-10(11)7-12(13)15(20)19-14-9-17-5-6-18-14/h1-9H,16H2,(H,18,19,20). The lowest BCUT2D eigenvalue weighted by Crippen LogP contribution is -2.15. The number of benzene rings is 2. The minimum absolute atomic E-state index is 0.297. The van der Waals surface area contributed by atoms with E-state index in [-0.39, 0.29) is 5.91 Å². The van der Waals surface area contributed by atoms with Crippen molar-refractivity contribution in [1.82, 2.24) is 9.97 Å². The Bertz CT molecular complexity index is 771. The van der Waals surface area contributed by atoms with Crippen LogP contribution in [0.4, 0.5) is 11.5 Å². The number of aromatic nitrogens is 2. The highest BCUT2D eigenvalue weighted by Crippen LogP contribution is 2.22. The number of anilines is 2. The van der Waals surface area contributed by atoms with Crippen LogP contribution in [0.15, 0.2) is 55.0 Å². The first kappa shape index (κ1) is 12.1. The van der Waals surface area contributed by atoms with Gasteiger partial charge in [-0.2, -0.15) is 0 Å².